The summed E-state index contributed by atoms with van der Waals surface area (Å²) in [4.78, 5) is 40.2. The second kappa shape index (κ2) is 6.29. The first-order valence-corrected chi connectivity index (χ1v) is 10.6. The number of rotatable bonds is 3. The van der Waals surface area contributed by atoms with Gasteiger partial charge in [-0.3, -0.25) is 19.3 Å². The molecule has 7 rings (SSSR count). The molecule has 30 heavy (non-hydrogen) atoms. The molecule has 0 unspecified atom stereocenters. The van der Waals surface area contributed by atoms with E-state index in [1.807, 2.05) is 0 Å². The maximum atomic E-state index is 13.2. The average molecular weight is 419 g/mol. The molecule has 3 fully saturated rings. The number of amides is 3. The van der Waals surface area contributed by atoms with Crippen molar-refractivity contribution in [1.82, 2.24) is 0 Å². The fourth-order valence-corrected chi connectivity index (χ4v) is 5.93. The van der Waals surface area contributed by atoms with E-state index in [2.05, 4.69) is 17.5 Å². The highest BCUT2D eigenvalue weighted by atomic mass is 35.5. The lowest BCUT2D eigenvalue weighted by molar-refractivity contribution is -0.124. The Hall–Kier alpha value is -2.92. The van der Waals surface area contributed by atoms with Crippen LogP contribution in [0.2, 0.25) is 5.02 Å². The fourth-order valence-electron chi connectivity index (χ4n) is 5.74. The molecule has 5 nitrogen and oxygen atoms in total. The van der Waals surface area contributed by atoms with Gasteiger partial charge in [0.2, 0.25) is 11.8 Å². The second-order valence-electron chi connectivity index (χ2n) is 8.68. The van der Waals surface area contributed by atoms with Gasteiger partial charge in [-0.15, -0.1) is 0 Å². The number of nitrogens with one attached hydrogen (secondary N) is 1. The summed E-state index contributed by atoms with van der Waals surface area (Å²) in [5, 5.41) is 3.34. The van der Waals surface area contributed by atoms with Crippen LogP contribution in [0.1, 0.15) is 16.8 Å². The van der Waals surface area contributed by atoms with Gasteiger partial charge in [0.25, 0.3) is 5.91 Å². The topological polar surface area (TPSA) is 66.5 Å². The van der Waals surface area contributed by atoms with Crippen molar-refractivity contribution in [2.45, 2.75) is 6.42 Å². The molecule has 2 aromatic carbocycles. The number of hydrogen-bond acceptors (Lipinski definition) is 3. The van der Waals surface area contributed by atoms with Crippen LogP contribution in [0.4, 0.5) is 11.4 Å². The van der Waals surface area contributed by atoms with E-state index in [1.165, 1.54) is 4.90 Å². The van der Waals surface area contributed by atoms with Crippen molar-refractivity contribution < 1.29 is 14.4 Å². The highest BCUT2D eigenvalue weighted by molar-refractivity contribution is 6.31. The van der Waals surface area contributed by atoms with Crippen LogP contribution in [0.25, 0.3) is 0 Å². The highest BCUT2D eigenvalue weighted by Gasteiger charge is 2.67. The van der Waals surface area contributed by atoms with Crippen LogP contribution >= 0.6 is 11.6 Å². The standard InChI is InChI=1S/C24H19ClN2O3/c25-13-2-1-3-14(10-13)26-22(28)12-4-6-15(7-5-12)27-23(29)20-16-8-9-17(19-11-18(16)19)21(20)24(27)30/h1-10,16-21H,11H2,(H,26,28)/t16-,17+,18-,19-,20+,21-/m1/s1. The molecule has 2 aromatic rings. The third-order valence-electron chi connectivity index (χ3n) is 7.13. The normalized spacial score (nSPS) is 32.8. The van der Waals surface area contributed by atoms with Crippen LogP contribution in [0.5, 0.6) is 0 Å². The summed E-state index contributed by atoms with van der Waals surface area (Å²) in [5.74, 6) is 0.661. The van der Waals surface area contributed by atoms with E-state index in [4.69, 9.17) is 11.6 Å². The van der Waals surface area contributed by atoms with E-state index in [9.17, 15) is 14.4 Å². The number of halogens is 1. The zero-order chi connectivity index (χ0) is 20.6. The van der Waals surface area contributed by atoms with E-state index in [-0.39, 0.29) is 41.4 Å². The van der Waals surface area contributed by atoms with Gasteiger partial charge in [0, 0.05) is 16.3 Å². The van der Waals surface area contributed by atoms with Crippen molar-refractivity contribution in [3.63, 3.8) is 0 Å². The highest BCUT2D eigenvalue weighted by Crippen LogP contribution is 2.65. The van der Waals surface area contributed by atoms with Gasteiger partial charge in [0.05, 0.1) is 17.5 Å². The van der Waals surface area contributed by atoms with Gasteiger partial charge >= 0.3 is 0 Å². The maximum Gasteiger partial charge on any atom is 0.255 e. The monoisotopic (exact) mass is 418 g/mol. The number of allylic oxidation sites excluding steroid dienone is 2. The third kappa shape index (κ3) is 2.51. The summed E-state index contributed by atoms with van der Waals surface area (Å²) in [7, 11) is 0. The largest absolute Gasteiger partial charge is 0.322 e. The molecule has 4 aliphatic carbocycles. The smallest absolute Gasteiger partial charge is 0.255 e. The molecule has 2 saturated carbocycles. The number of carbonyl (C=O) groups excluding carboxylic acids is 3. The predicted molar refractivity (Wildman–Crippen MR) is 113 cm³/mol. The van der Waals surface area contributed by atoms with Gasteiger partial charge in [-0.05, 0) is 72.6 Å². The number of hydrogen-bond donors (Lipinski definition) is 1. The molecule has 2 bridgehead atoms. The molecule has 0 spiro atoms. The first-order valence-electron chi connectivity index (χ1n) is 10.3. The Kier molecular flexibility index (Phi) is 3.75. The van der Waals surface area contributed by atoms with Crippen LogP contribution in [-0.2, 0) is 9.59 Å². The van der Waals surface area contributed by atoms with Crippen molar-refractivity contribution in [2.24, 2.45) is 35.5 Å². The minimum Gasteiger partial charge on any atom is -0.322 e. The second-order valence-corrected chi connectivity index (χ2v) is 9.11. The molecule has 150 valence electrons. The van der Waals surface area contributed by atoms with Crippen LogP contribution in [0.15, 0.2) is 60.7 Å². The molecule has 1 N–H and O–H groups in total. The molecule has 1 aliphatic heterocycles. The molecule has 1 saturated heterocycles. The molecule has 5 aliphatic rings. The Balaban J connectivity index is 1.23. The van der Waals surface area contributed by atoms with Gasteiger partial charge < -0.3 is 5.32 Å². The zero-order valence-corrected chi connectivity index (χ0v) is 16.8. The minimum absolute atomic E-state index is 0.0918. The van der Waals surface area contributed by atoms with Gasteiger partial charge in [-0.25, -0.2) is 0 Å². The summed E-state index contributed by atoms with van der Waals surface area (Å²) in [5.41, 5.74) is 1.58. The molecule has 6 atom stereocenters. The fraction of sp³-hybridized carbons (Fsp3) is 0.292. The molecule has 0 radical (unpaired) electrons. The average Bonchev–Trinajstić information content (AvgIpc) is 3.52. The molecular formula is C24H19ClN2O3. The van der Waals surface area contributed by atoms with Crippen molar-refractivity contribution in [2.75, 3.05) is 10.2 Å². The van der Waals surface area contributed by atoms with Crippen LogP contribution in [0.3, 0.4) is 0 Å². The molecule has 0 aromatic heterocycles. The summed E-state index contributed by atoms with van der Waals surface area (Å²) in [6.45, 7) is 0. The number of imide groups is 1. The number of anilines is 2. The van der Waals surface area contributed by atoms with Gasteiger partial charge in [-0.2, -0.15) is 0 Å². The summed E-state index contributed by atoms with van der Waals surface area (Å²) < 4.78 is 0. The minimum atomic E-state index is -0.279. The van der Waals surface area contributed by atoms with Gasteiger partial charge in [0.15, 0.2) is 0 Å². The van der Waals surface area contributed by atoms with Crippen LogP contribution < -0.4 is 10.2 Å². The van der Waals surface area contributed by atoms with E-state index in [0.29, 0.717) is 33.8 Å². The summed E-state index contributed by atoms with van der Waals surface area (Å²) >= 11 is 5.96. The molecule has 3 amide bonds. The number of benzene rings is 2. The lowest BCUT2D eigenvalue weighted by Crippen LogP contribution is -2.40. The van der Waals surface area contributed by atoms with Crippen molar-refractivity contribution in [3.05, 3.63) is 71.3 Å². The van der Waals surface area contributed by atoms with E-state index in [0.717, 1.165) is 6.42 Å². The molecular weight excluding hydrogens is 400 g/mol. The number of nitrogens with zero attached hydrogens (tertiary/aromatic N) is 1. The predicted octanol–water partition coefficient (Wildman–Crippen LogP) is 4.15. The Bertz CT molecular complexity index is 1090. The van der Waals surface area contributed by atoms with Gasteiger partial charge in [0.1, 0.15) is 0 Å². The van der Waals surface area contributed by atoms with Crippen molar-refractivity contribution >= 4 is 40.7 Å². The maximum absolute atomic E-state index is 13.2. The van der Waals surface area contributed by atoms with Crippen LogP contribution in [0, 0.1) is 35.5 Å². The van der Waals surface area contributed by atoms with E-state index < -0.39 is 0 Å². The lowest BCUT2D eigenvalue weighted by Gasteiger charge is -2.37. The quantitative estimate of drug-likeness (QED) is 0.601. The van der Waals surface area contributed by atoms with Crippen molar-refractivity contribution in [1.29, 1.82) is 0 Å². The SMILES string of the molecule is O=C(Nc1cccc(Cl)c1)c1ccc(N2C(=O)[C@@H]3[C@H]4C=C[C@H]([C@H]5C[C@H]45)[C@@H]3C2=O)cc1. The van der Waals surface area contributed by atoms with E-state index >= 15 is 0 Å². The summed E-state index contributed by atoms with van der Waals surface area (Å²) in [6.07, 6.45) is 5.47. The Morgan fingerprint density at radius 3 is 2.17 bits per heavy atom. The number of carbonyl (C=O) groups is 3. The first kappa shape index (κ1) is 17.9. The summed E-state index contributed by atoms with van der Waals surface area (Å²) in [6, 6.07) is 13.6. The Morgan fingerprint density at radius 1 is 0.933 bits per heavy atom. The third-order valence-corrected chi connectivity index (χ3v) is 7.37. The Labute approximate surface area is 178 Å². The van der Waals surface area contributed by atoms with Gasteiger partial charge in [-0.1, -0.05) is 29.8 Å². The van der Waals surface area contributed by atoms with E-state index in [1.54, 1.807) is 48.5 Å². The van der Waals surface area contributed by atoms with Crippen molar-refractivity contribution in [3.8, 4) is 0 Å². The van der Waals surface area contributed by atoms with Crippen LogP contribution in [-0.4, -0.2) is 17.7 Å². The Morgan fingerprint density at radius 2 is 1.57 bits per heavy atom. The zero-order valence-electron chi connectivity index (χ0n) is 16.0. The molecule has 1 heterocycles. The molecule has 6 heteroatoms. The lowest BCUT2D eigenvalue weighted by atomic mass is 9.63. The first-order chi connectivity index (χ1) is 14.5.